The highest BCUT2D eigenvalue weighted by Crippen LogP contribution is 2.53. The first-order chi connectivity index (χ1) is 33.7. The van der Waals surface area contributed by atoms with Gasteiger partial charge in [0.25, 0.3) is 0 Å². The van der Waals surface area contributed by atoms with E-state index in [1.54, 1.807) is 0 Å². The lowest BCUT2D eigenvalue weighted by molar-refractivity contribution is 1.58. The van der Waals surface area contributed by atoms with Crippen molar-refractivity contribution in [2.24, 2.45) is 0 Å². The van der Waals surface area contributed by atoms with Crippen molar-refractivity contribution in [1.82, 2.24) is 0 Å². The monoisotopic (exact) mass is 860 g/mol. The maximum Gasteiger partial charge on any atom is -0.000740 e. The molecule has 0 nitrogen and oxygen atoms in total. The van der Waals surface area contributed by atoms with Crippen LogP contribution in [0.5, 0.6) is 0 Å². The van der Waals surface area contributed by atoms with Gasteiger partial charge in [-0.1, -0.05) is 224 Å². The van der Waals surface area contributed by atoms with Crippen LogP contribution in [0.15, 0.2) is 267 Å². The molecule has 0 N–H and O–H groups in total. The Morgan fingerprint density at radius 3 is 0.985 bits per heavy atom. The van der Waals surface area contributed by atoms with Gasteiger partial charge >= 0.3 is 0 Å². The standard InChI is InChI=1S/C68H44/c1-6-20-45(21-7-1)52-34-36-59-62(42-52)63-43-53(46-22-8-2-9-23-46)35-37-60(63)68-66(64-44-51-31-17-16-30-50(51)41-61(64)49-28-14-5-15-29-49)58-33-19-18-32-57(58)65(67(59)68)56-39-54(47-24-10-3-11-25-47)38-55(40-56)48-26-12-4-13-27-48/h1-44H. The highest BCUT2D eigenvalue weighted by molar-refractivity contribution is 6.37. The summed E-state index contributed by atoms with van der Waals surface area (Å²) in [6, 6.07) is 98.8. The molecule has 0 saturated heterocycles. The van der Waals surface area contributed by atoms with Gasteiger partial charge in [0.2, 0.25) is 0 Å². The molecule has 0 heterocycles. The van der Waals surface area contributed by atoms with Gasteiger partial charge in [-0.3, -0.25) is 0 Å². The van der Waals surface area contributed by atoms with Gasteiger partial charge in [0.05, 0.1) is 0 Å². The predicted molar refractivity (Wildman–Crippen MR) is 292 cm³/mol. The maximum atomic E-state index is 2.45. The molecule has 68 heavy (non-hydrogen) atoms. The molecule has 0 heteroatoms. The van der Waals surface area contributed by atoms with Crippen LogP contribution in [-0.2, 0) is 0 Å². The van der Waals surface area contributed by atoms with E-state index in [-0.39, 0.29) is 0 Å². The Balaban J connectivity index is 1.27. The van der Waals surface area contributed by atoms with Crippen LogP contribution in [-0.4, -0.2) is 0 Å². The van der Waals surface area contributed by atoms with Crippen molar-refractivity contribution in [1.29, 1.82) is 0 Å². The van der Waals surface area contributed by atoms with Crippen molar-refractivity contribution in [3.05, 3.63) is 267 Å². The van der Waals surface area contributed by atoms with Gasteiger partial charge in [0.1, 0.15) is 0 Å². The van der Waals surface area contributed by atoms with Crippen LogP contribution < -0.4 is 0 Å². The SMILES string of the molecule is c1ccc(-c2cc(-c3ccccc3)cc(-c3c4ccccc4c(-c4cc5ccccc5cc4-c4ccccc4)c4c5ccc(-c6ccccc6)cc5c5cc(-c6ccccc6)ccc5c34)c2)cc1. The van der Waals surface area contributed by atoms with Crippen LogP contribution in [0, 0.1) is 0 Å². The second-order valence-corrected chi connectivity index (χ2v) is 17.9. The van der Waals surface area contributed by atoms with E-state index < -0.39 is 0 Å². The van der Waals surface area contributed by atoms with Crippen molar-refractivity contribution in [3.63, 3.8) is 0 Å². The Morgan fingerprint density at radius 2 is 0.515 bits per heavy atom. The number of fused-ring (bicyclic) bond motifs is 8. The molecule has 0 aliphatic carbocycles. The van der Waals surface area contributed by atoms with Crippen LogP contribution >= 0.6 is 0 Å². The molecule has 13 aromatic rings. The zero-order valence-corrected chi connectivity index (χ0v) is 37.4. The summed E-state index contributed by atoms with van der Waals surface area (Å²) in [7, 11) is 0. The van der Waals surface area contributed by atoms with Crippen molar-refractivity contribution in [3.8, 4) is 77.9 Å². The molecule has 0 aromatic heterocycles. The quantitative estimate of drug-likeness (QED) is 0.111. The Morgan fingerprint density at radius 1 is 0.162 bits per heavy atom. The first-order valence-corrected chi connectivity index (χ1v) is 23.6. The molecule has 0 saturated carbocycles. The second kappa shape index (κ2) is 16.5. The molecular formula is C68H44. The molecular weight excluding hydrogens is 817 g/mol. The molecule has 0 spiro atoms. The van der Waals surface area contributed by atoms with E-state index in [9.17, 15) is 0 Å². The molecule has 0 aliphatic rings. The predicted octanol–water partition coefficient (Wildman–Crippen LogP) is 19.1. The third-order valence-corrected chi connectivity index (χ3v) is 14.0. The van der Waals surface area contributed by atoms with Crippen LogP contribution in [0.2, 0.25) is 0 Å². The molecule has 0 radical (unpaired) electrons. The number of hydrogen-bond donors (Lipinski definition) is 0. The van der Waals surface area contributed by atoms with E-state index in [0.29, 0.717) is 0 Å². The molecule has 0 atom stereocenters. The van der Waals surface area contributed by atoms with Gasteiger partial charge in [-0.2, -0.15) is 0 Å². The van der Waals surface area contributed by atoms with Crippen molar-refractivity contribution in [2.45, 2.75) is 0 Å². The smallest absolute Gasteiger partial charge is 0.000740 e. The van der Waals surface area contributed by atoms with Crippen LogP contribution in [0.3, 0.4) is 0 Å². The lowest BCUT2D eigenvalue weighted by Gasteiger charge is -2.24. The van der Waals surface area contributed by atoms with Gasteiger partial charge in [0.15, 0.2) is 0 Å². The Labute approximate surface area is 396 Å². The Bertz CT molecular complexity index is 3970. The van der Waals surface area contributed by atoms with Crippen molar-refractivity contribution in [2.75, 3.05) is 0 Å². The highest BCUT2D eigenvalue weighted by atomic mass is 14.3. The molecule has 13 aromatic carbocycles. The lowest BCUT2D eigenvalue weighted by atomic mass is 9.78. The molecule has 0 bridgehead atoms. The molecule has 0 fully saturated rings. The minimum atomic E-state index is 1.19. The van der Waals surface area contributed by atoms with E-state index in [4.69, 9.17) is 0 Å². The van der Waals surface area contributed by atoms with Crippen LogP contribution in [0.4, 0.5) is 0 Å². The average molecular weight is 861 g/mol. The fraction of sp³-hybridized carbons (Fsp3) is 0. The molecule has 0 amide bonds. The van der Waals surface area contributed by atoms with E-state index in [2.05, 4.69) is 267 Å². The maximum absolute atomic E-state index is 2.45. The summed E-state index contributed by atoms with van der Waals surface area (Å²) >= 11 is 0. The Hall–Kier alpha value is -8.84. The third kappa shape index (κ3) is 6.77. The molecule has 13 rings (SSSR count). The van der Waals surface area contributed by atoms with Gasteiger partial charge in [-0.25, -0.2) is 0 Å². The summed E-state index contributed by atoms with van der Waals surface area (Å²) in [5.41, 5.74) is 16.9. The normalized spacial score (nSPS) is 11.5. The van der Waals surface area contributed by atoms with E-state index in [1.165, 1.54) is 132 Å². The zero-order chi connectivity index (χ0) is 45.0. The first kappa shape index (κ1) is 39.5. The van der Waals surface area contributed by atoms with Gasteiger partial charge in [-0.05, 0) is 174 Å². The van der Waals surface area contributed by atoms with Crippen LogP contribution in [0.1, 0.15) is 0 Å². The second-order valence-electron chi connectivity index (χ2n) is 17.9. The molecule has 316 valence electrons. The summed E-state index contributed by atoms with van der Waals surface area (Å²) in [5.74, 6) is 0. The fourth-order valence-electron chi connectivity index (χ4n) is 10.8. The number of benzene rings is 13. The van der Waals surface area contributed by atoms with Gasteiger partial charge in [0, 0.05) is 0 Å². The van der Waals surface area contributed by atoms with Crippen molar-refractivity contribution < 1.29 is 0 Å². The Kier molecular flexibility index (Phi) is 9.62. The molecule has 0 unspecified atom stereocenters. The van der Waals surface area contributed by atoms with Gasteiger partial charge in [-0.15, -0.1) is 0 Å². The minimum absolute atomic E-state index is 1.19. The molecule has 0 aliphatic heterocycles. The highest BCUT2D eigenvalue weighted by Gasteiger charge is 2.25. The summed E-state index contributed by atoms with van der Waals surface area (Å²) in [6.07, 6.45) is 0. The summed E-state index contributed by atoms with van der Waals surface area (Å²) in [4.78, 5) is 0. The summed E-state index contributed by atoms with van der Waals surface area (Å²) in [5, 5.41) is 12.3. The van der Waals surface area contributed by atoms with Crippen molar-refractivity contribution >= 4 is 53.9 Å². The third-order valence-electron chi connectivity index (χ3n) is 14.0. The van der Waals surface area contributed by atoms with E-state index in [0.717, 1.165) is 0 Å². The average Bonchev–Trinajstić information content (AvgIpc) is 3.43. The minimum Gasteiger partial charge on any atom is -0.0622 e. The largest absolute Gasteiger partial charge is 0.0622 e. The number of rotatable bonds is 7. The first-order valence-electron chi connectivity index (χ1n) is 23.6. The topological polar surface area (TPSA) is 0 Å². The fourth-order valence-corrected chi connectivity index (χ4v) is 10.8. The zero-order valence-electron chi connectivity index (χ0n) is 37.4. The van der Waals surface area contributed by atoms with Crippen LogP contribution in [0.25, 0.3) is 132 Å². The summed E-state index contributed by atoms with van der Waals surface area (Å²) in [6.45, 7) is 0. The van der Waals surface area contributed by atoms with E-state index >= 15 is 0 Å². The van der Waals surface area contributed by atoms with Gasteiger partial charge < -0.3 is 0 Å². The summed E-state index contributed by atoms with van der Waals surface area (Å²) < 4.78 is 0. The lowest BCUT2D eigenvalue weighted by Crippen LogP contribution is -1.96. The van der Waals surface area contributed by atoms with E-state index in [1.807, 2.05) is 0 Å². The number of hydrogen-bond acceptors (Lipinski definition) is 0.